The summed E-state index contributed by atoms with van der Waals surface area (Å²) in [6.07, 6.45) is 6.66. The third kappa shape index (κ3) is 4.70. The van der Waals surface area contributed by atoms with E-state index in [4.69, 9.17) is 0 Å². The maximum atomic E-state index is 13.1. The van der Waals surface area contributed by atoms with Gasteiger partial charge in [0.25, 0.3) is 5.56 Å². The van der Waals surface area contributed by atoms with Crippen molar-refractivity contribution in [2.45, 2.75) is 77.5 Å². The first-order valence-electron chi connectivity index (χ1n) is 12.3. The summed E-state index contributed by atoms with van der Waals surface area (Å²) in [5, 5.41) is 16.2. The number of nitrogens with one attached hydrogen (secondary N) is 1. The number of benzene rings is 1. The van der Waals surface area contributed by atoms with E-state index in [0.717, 1.165) is 60.1 Å². The van der Waals surface area contributed by atoms with Gasteiger partial charge in [0.2, 0.25) is 0 Å². The molecular weight excluding hydrogens is 444 g/mol. The fourth-order valence-corrected chi connectivity index (χ4v) is 5.95. The molecule has 1 N–H and O–H groups in total. The molecule has 0 spiro atoms. The first-order valence-corrected chi connectivity index (χ1v) is 13.2. The van der Waals surface area contributed by atoms with Crippen molar-refractivity contribution in [1.29, 1.82) is 0 Å². The van der Waals surface area contributed by atoms with Crippen LogP contribution in [0.25, 0.3) is 10.9 Å². The molecule has 1 saturated carbocycles. The van der Waals surface area contributed by atoms with Gasteiger partial charge >= 0.3 is 0 Å². The first kappa shape index (κ1) is 22.9. The van der Waals surface area contributed by atoms with Gasteiger partial charge in [0.15, 0.2) is 5.82 Å². The van der Waals surface area contributed by atoms with Crippen LogP contribution in [0.15, 0.2) is 46.6 Å². The highest BCUT2D eigenvalue weighted by atomic mass is 32.1. The van der Waals surface area contributed by atoms with Crippen LogP contribution in [-0.4, -0.2) is 30.1 Å². The van der Waals surface area contributed by atoms with Gasteiger partial charge in [0, 0.05) is 23.5 Å². The molecule has 0 unspecified atom stereocenters. The highest BCUT2D eigenvalue weighted by Crippen LogP contribution is 2.34. The van der Waals surface area contributed by atoms with Crippen molar-refractivity contribution in [2.75, 3.05) is 0 Å². The Morgan fingerprint density at radius 2 is 2.06 bits per heavy atom. The second kappa shape index (κ2) is 10.2. The van der Waals surface area contributed by atoms with Crippen molar-refractivity contribution in [1.82, 2.24) is 30.1 Å². The number of H-pyrrole nitrogens is 1. The summed E-state index contributed by atoms with van der Waals surface area (Å²) in [6, 6.07) is 12.8. The fourth-order valence-electron chi connectivity index (χ4n) is 5.22. The van der Waals surface area contributed by atoms with E-state index in [1.165, 1.54) is 17.7 Å². The van der Waals surface area contributed by atoms with Gasteiger partial charge in [0.05, 0.1) is 17.6 Å². The number of thiophene rings is 1. The van der Waals surface area contributed by atoms with E-state index in [-0.39, 0.29) is 11.6 Å². The van der Waals surface area contributed by atoms with E-state index in [2.05, 4.69) is 60.6 Å². The average Bonchev–Trinajstić information content (AvgIpc) is 3.60. The summed E-state index contributed by atoms with van der Waals surface area (Å²) < 4.78 is 2.07. The predicted octanol–water partition coefficient (Wildman–Crippen LogP) is 5.54. The van der Waals surface area contributed by atoms with Crippen LogP contribution in [0.3, 0.4) is 0 Å². The van der Waals surface area contributed by atoms with E-state index in [9.17, 15) is 4.79 Å². The monoisotopic (exact) mass is 476 g/mol. The molecule has 1 fully saturated rings. The molecule has 3 aromatic heterocycles. The lowest BCUT2D eigenvalue weighted by molar-refractivity contribution is 0.154. The van der Waals surface area contributed by atoms with Crippen LogP contribution in [0.4, 0.5) is 0 Å². The van der Waals surface area contributed by atoms with E-state index >= 15 is 0 Å². The SMILES string of the molecule is CCC[C@@H](c1nnnn1C1CCCC1)N(Cc1cccs1)Cc1cc2cccc(C)c2[nH]c1=O. The summed E-state index contributed by atoms with van der Waals surface area (Å²) in [5.74, 6) is 0.929. The smallest absolute Gasteiger partial charge is 0.252 e. The Hall–Kier alpha value is -2.84. The van der Waals surface area contributed by atoms with Gasteiger partial charge in [-0.3, -0.25) is 9.69 Å². The number of fused-ring (bicyclic) bond motifs is 1. The average molecular weight is 477 g/mol. The first-order chi connectivity index (χ1) is 16.6. The number of aromatic nitrogens is 5. The molecule has 8 heteroatoms. The molecule has 0 amide bonds. The summed E-state index contributed by atoms with van der Waals surface area (Å²) in [4.78, 5) is 19.9. The molecule has 3 heterocycles. The number of aromatic amines is 1. The highest BCUT2D eigenvalue weighted by Gasteiger charge is 2.30. The number of tetrazole rings is 1. The lowest BCUT2D eigenvalue weighted by Gasteiger charge is -2.31. The minimum atomic E-state index is -0.0244. The normalized spacial score (nSPS) is 15.5. The number of hydrogen-bond acceptors (Lipinski definition) is 6. The summed E-state index contributed by atoms with van der Waals surface area (Å²) in [7, 11) is 0. The zero-order valence-electron chi connectivity index (χ0n) is 19.9. The van der Waals surface area contributed by atoms with Gasteiger partial charge in [-0.05, 0) is 65.1 Å². The Kier molecular flexibility index (Phi) is 6.87. The third-order valence-corrected chi connectivity index (χ3v) is 7.83. The van der Waals surface area contributed by atoms with Gasteiger partial charge < -0.3 is 4.98 Å². The molecule has 0 radical (unpaired) electrons. The molecular formula is C26H32N6OS. The van der Waals surface area contributed by atoms with Crippen LogP contribution in [0.2, 0.25) is 0 Å². The number of rotatable bonds is 9. The number of hydrogen-bond donors (Lipinski definition) is 1. The van der Waals surface area contributed by atoms with Crippen LogP contribution in [0.5, 0.6) is 0 Å². The number of pyridine rings is 1. The van der Waals surface area contributed by atoms with E-state index in [0.29, 0.717) is 12.6 Å². The van der Waals surface area contributed by atoms with Crippen molar-refractivity contribution < 1.29 is 0 Å². The van der Waals surface area contributed by atoms with Crippen molar-refractivity contribution in [3.05, 3.63) is 74.0 Å². The Bertz CT molecular complexity index is 1290. The Morgan fingerprint density at radius 1 is 1.21 bits per heavy atom. The van der Waals surface area contributed by atoms with Crippen molar-refractivity contribution in [2.24, 2.45) is 0 Å². The lowest BCUT2D eigenvalue weighted by Crippen LogP contribution is -2.33. The maximum Gasteiger partial charge on any atom is 0.252 e. The molecule has 0 bridgehead atoms. The molecule has 178 valence electrons. The lowest BCUT2D eigenvalue weighted by atomic mass is 10.1. The van der Waals surface area contributed by atoms with Crippen LogP contribution >= 0.6 is 11.3 Å². The van der Waals surface area contributed by atoms with Crippen molar-refractivity contribution in [3.63, 3.8) is 0 Å². The predicted molar refractivity (Wildman–Crippen MR) is 136 cm³/mol. The van der Waals surface area contributed by atoms with Gasteiger partial charge in [0.1, 0.15) is 0 Å². The zero-order valence-corrected chi connectivity index (χ0v) is 20.7. The largest absolute Gasteiger partial charge is 0.321 e. The Labute approximate surface area is 203 Å². The fraction of sp³-hybridized carbons (Fsp3) is 0.462. The van der Waals surface area contributed by atoms with Gasteiger partial charge in [-0.1, -0.05) is 50.5 Å². The van der Waals surface area contributed by atoms with Gasteiger partial charge in [-0.2, -0.15) is 0 Å². The van der Waals surface area contributed by atoms with Gasteiger partial charge in [-0.25, -0.2) is 4.68 Å². The molecule has 5 rings (SSSR count). The molecule has 4 aromatic rings. The Balaban J connectivity index is 1.54. The quantitative estimate of drug-likeness (QED) is 0.343. The maximum absolute atomic E-state index is 13.1. The van der Waals surface area contributed by atoms with Gasteiger partial charge in [-0.15, -0.1) is 16.4 Å². The number of para-hydroxylation sites is 1. The van der Waals surface area contributed by atoms with E-state index in [1.807, 2.05) is 25.1 Å². The second-order valence-electron chi connectivity index (χ2n) is 9.37. The van der Waals surface area contributed by atoms with Crippen LogP contribution in [-0.2, 0) is 13.1 Å². The Morgan fingerprint density at radius 3 is 2.82 bits per heavy atom. The minimum Gasteiger partial charge on any atom is -0.321 e. The molecule has 1 aliphatic rings. The topological polar surface area (TPSA) is 79.7 Å². The zero-order chi connectivity index (χ0) is 23.5. The van der Waals surface area contributed by atoms with Crippen molar-refractivity contribution in [3.8, 4) is 0 Å². The molecule has 1 aliphatic carbocycles. The van der Waals surface area contributed by atoms with E-state index in [1.54, 1.807) is 11.3 Å². The van der Waals surface area contributed by atoms with Crippen LogP contribution in [0.1, 0.15) is 79.4 Å². The molecule has 1 aromatic carbocycles. The van der Waals surface area contributed by atoms with Crippen LogP contribution < -0.4 is 5.56 Å². The molecule has 34 heavy (non-hydrogen) atoms. The second-order valence-corrected chi connectivity index (χ2v) is 10.4. The summed E-state index contributed by atoms with van der Waals surface area (Å²) >= 11 is 1.75. The molecule has 1 atom stereocenters. The van der Waals surface area contributed by atoms with Crippen LogP contribution in [0, 0.1) is 6.92 Å². The van der Waals surface area contributed by atoms with Crippen molar-refractivity contribution >= 4 is 22.2 Å². The summed E-state index contributed by atoms with van der Waals surface area (Å²) in [5.41, 5.74) is 2.74. The minimum absolute atomic E-state index is 0.0244. The molecule has 0 saturated heterocycles. The number of nitrogens with zero attached hydrogens (tertiary/aromatic N) is 5. The molecule has 7 nitrogen and oxygen atoms in total. The standard InChI is InChI=1S/C26H32N6OS/c1-3-8-23(25-28-29-30-32(25)21-11-4-5-12-21)31(17-22-13-7-14-34-22)16-20-15-19-10-6-9-18(2)24(19)27-26(20)33/h6-7,9-10,13-15,21,23H,3-5,8,11-12,16-17H2,1-2H3,(H,27,33)/t23-/m0/s1. The van der Waals surface area contributed by atoms with E-state index < -0.39 is 0 Å². The number of aryl methyl sites for hydroxylation is 1. The molecule has 0 aliphatic heterocycles. The third-order valence-electron chi connectivity index (χ3n) is 6.97. The highest BCUT2D eigenvalue weighted by molar-refractivity contribution is 7.09. The summed E-state index contributed by atoms with van der Waals surface area (Å²) in [6.45, 7) is 5.53.